The summed E-state index contributed by atoms with van der Waals surface area (Å²) in [5, 5.41) is 4.32. The molecule has 8 rings (SSSR count). The normalized spacial score (nSPS) is 11.3. The van der Waals surface area contributed by atoms with Crippen LogP contribution in [-0.4, -0.2) is 37.6 Å². The predicted molar refractivity (Wildman–Crippen MR) is 274 cm³/mol. The summed E-state index contributed by atoms with van der Waals surface area (Å²) in [7, 11) is 2.50. The average molecular weight is 897 g/mol. The number of thioether (sulfide) groups is 2. The van der Waals surface area contributed by atoms with E-state index in [1.54, 1.807) is 35.7 Å². The second kappa shape index (κ2) is 22.2. The number of methoxy groups -OCH3 is 2. The van der Waals surface area contributed by atoms with Crippen molar-refractivity contribution in [1.29, 1.82) is 0 Å². The minimum atomic E-state index is -0.845. The summed E-state index contributed by atoms with van der Waals surface area (Å²) in [6.45, 7) is 0. The largest absolute Gasteiger partial charge is 0.464 e. The molecule has 0 heterocycles. The topological polar surface area (TPSA) is 77.3 Å². The van der Waals surface area contributed by atoms with Gasteiger partial charge in [0.1, 0.15) is 0 Å². The Morgan fingerprint density at radius 3 is 0.955 bits per heavy atom. The van der Waals surface area contributed by atoms with Gasteiger partial charge in [0, 0.05) is 20.9 Å². The maximum atomic E-state index is 13.9. The van der Waals surface area contributed by atoms with Crippen molar-refractivity contribution in [2.75, 3.05) is 14.2 Å². The Labute approximate surface area is 394 Å². The summed E-state index contributed by atoms with van der Waals surface area (Å²) in [5.74, 6) is -1.69. The summed E-state index contributed by atoms with van der Waals surface area (Å²) in [5.41, 5.74) is 10.1. The first-order valence-corrected chi connectivity index (χ1v) is 22.9. The van der Waals surface area contributed by atoms with E-state index in [0.717, 1.165) is 65.4 Å². The molecule has 6 nitrogen and oxygen atoms in total. The van der Waals surface area contributed by atoms with Gasteiger partial charge in [-0.2, -0.15) is 0 Å². The van der Waals surface area contributed by atoms with Crippen molar-refractivity contribution in [3.8, 4) is 22.3 Å². The van der Waals surface area contributed by atoms with Gasteiger partial charge >= 0.3 is 11.9 Å². The second-order valence-electron chi connectivity index (χ2n) is 14.7. The second-order valence-corrected chi connectivity index (χ2v) is 16.5. The number of benzene rings is 8. The first kappa shape index (κ1) is 44.8. The SMILES string of the molecule is COC(=O)C(=Nc1ccccc1-c1ccccc1SC=C(c1ccccc1)c1ccccc1)C(=Nc1ccccc1-c1ccccc1SC=C(c1ccccc1)c1ccccc1)C(=O)OC. The Balaban J connectivity index is 1.20. The van der Waals surface area contributed by atoms with Crippen LogP contribution in [0.3, 0.4) is 0 Å². The Bertz CT molecular complexity index is 2780. The molecule has 8 aromatic carbocycles. The average Bonchev–Trinajstić information content (AvgIpc) is 3.39. The smallest absolute Gasteiger partial charge is 0.359 e. The molecule has 0 aliphatic rings. The van der Waals surface area contributed by atoms with Gasteiger partial charge in [-0.25, -0.2) is 19.6 Å². The third-order valence-electron chi connectivity index (χ3n) is 10.6. The highest BCUT2D eigenvalue weighted by molar-refractivity contribution is 8.02. The third-order valence-corrected chi connectivity index (χ3v) is 12.5. The van der Waals surface area contributed by atoms with Gasteiger partial charge < -0.3 is 9.47 Å². The van der Waals surface area contributed by atoms with E-state index in [-0.39, 0.29) is 11.4 Å². The molecule has 0 amide bonds. The quantitative estimate of drug-likeness (QED) is 0.0579. The van der Waals surface area contributed by atoms with Crippen LogP contribution in [-0.2, 0) is 19.1 Å². The van der Waals surface area contributed by atoms with Gasteiger partial charge in [0.05, 0.1) is 25.6 Å². The van der Waals surface area contributed by atoms with Gasteiger partial charge in [-0.1, -0.05) is 218 Å². The molecule has 322 valence electrons. The Morgan fingerprint density at radius 2 is 0.636 bits per heavy atom. The van der Waals surface area contributed by atoms with Gasteiger partial charge in [-0.05, 0) is 79.6 Å². The summed E-state index contributed by atoms with van der Waals surface area (Å²) in [6.07, 6.45) is 0. The fraction of sp³-hybridized carbons (Fsp3) is 0.0345. The van der Waals surface area contributed by atoms with E-state index in [1.807, 2.05) is 146 Å². The molecule has 0 saturated heterocycles. The lowest BCUT2D eigenvalue weighted by Gasteiger charge is -2.14. The van der Waals surface area contributed by atoms with Crippen LogP contribution in [0.4, 0.5) is 11.4 Å². The van der Waals surface area contributed by atoms with Crippen LogP contribution < -0.4 is 0 Å². The molecule has 0 radical (unpaired) electrons. The third kappa shape index (κ3) is 10.8. The number of carbonyl (C=O) groups excluding carboxylic acids is 2. The van der Waals surface area contributed by atoms with Crippen molar-refractivity contribution in [2.45, 2.75) is 9.79 Å². The van der Waals surface area contributed by atoms with Crippen molar-refractivity contribution in [2.24, 2.45) is 9.98 Å². The predicted octanol–water partition coefficient (Wildman–Crippen LogP) is 14.6. The number of ether oxygens (including phenoxy) is 2. The molecule has 0 spiro atoms. The minimum absolute atomic E-state index is 0.298. The first-order valence-electron chi connectivity index (χ1n) is 21.2. The van der Waals surface area contributed by atoms with Crippen molar-refractivity contribution in [3.05, 3.63) is 251 Å². The van der Waals surface area contributed by atoms with Crippen LogP contribution in [0.15, 0.2) is 249 Å². The molecule has 8 heteroatoms. The molecule has 0 aromatic heterocycles. The van der Waals surface area contributed by atoms with E-state index in [1.165, 1.54) is 14.2 Å². The van der Waals surface area contributed by atoms with E-state index < -0.39 is 11.9 Å². The molecular formula is C58H44N2O4S2. The van der Waals surface area contributed by atoms with Crippen LogP contribution >= 0.6 is 23.5 Å². The number of hydrogen-bond acceptors (Lipinski definition) is 8. The van der Waals surface area contributed by atoms with Crippen LogP contribution in [0, 0.1) is 0 Å². The summed E-state index contributed by atoms with van der Waals surface area (Å²) in [6, 6.07) is 72.2. The maximum Gasteiger partial charge on any atom is 0.359 e. The molecule has 0 aliphatic heterocycles. The highest BCUT2D eigenvalue weighted by Gasteiger charge is 2.28. The van der Waals surface area contributed by atoms with Crippen LogP contribution in [0.2, 0.25) is 0 Å². The highest BCUT2D eigenvalue weighted by Crippen LogP contribution is 2.41. The fourth-order valence-electron chi connectivity index (χ4n) is 7.33. The molecule has 0 atom stereocenters. The van der Waals surface area contributed by atoms with Crippen molar-refractivity contribution in [1.82, 2.24) is 0 Å². The molecule has 0 unspecified atom stereocenters. The van der Waals surface area contributed by atoms with Gasteiger partial charge in [0.2, 0.25) is 0 Å². The van der Waals surface area contributed by atoms with Crippen LogP contribution in [0.1, 0.15) is 22.3 Å². The maximum absolute atomic E-state index is 13.9. The Kier molecular flexibility index (Phi) is 15.1. The van der Waals surface area contributed by atoms with Crippen molar-refractivity contribution < 1.29 is 19.1 Å². The van der Waals surface area contributed by atoms with Gasteiger partial charge in [0.15, 0.2) is 11.4 Å². The standard InChI is InChI=1S/C58H44N2O4S2/c1-63-57(61)55(59-51-35-19-15-31-45(51)47-33-17-21-37-53(47)65-39-49(41-23-7-3-8-24-41)42-25-9-4-10-26-42)56(58(62)64-2)60-52-36-20-16-32-46(52)48-34-18-22-38-54(48)66-40-50(43-27-11-5-12-28-43)44-29-13-6-14-30-44/h3-40H,1-2H3. The number of nitrogens with zero attached hydrogens (tertiary/aromatic N) is 2. The summed E-state index contributed by atoms with van der Waals surface area (Å²) >= 11 is 3.18. The Hall–Kier alpha value is -7.78. The van der Waals surface area contributed by atoms with E-state index in [4.69, 9.17) is 19.5 Å². The summed E-state index contributed by atoms with van der Waals surface area (Å²) < 4.78 is 10.6. The number of hydrogen-bond donors (Lipinski definition) is 0. The van der Waals surface area contributed by atoms with Crippen LogP contribution in [0.25, 0.3) is 33.4 Å². The number of aliphatic imine (C=N–C) groups is 2. The molecule has 0 saturated carbocycles. The van der Waals surface area contributed by atoms with E-state index in [0.29, 0.717) is 11.4 Å². The zero-order chi connectivity index (χ0) is 45.5. The monoisotopic (exact) mass is 896 g/mol. The molecule has 0 N–H and O–H groups in total. The summed E-state index contributed by atoms with van der Waals surface area (Å²) in [4.78, 5) is 39.5. The number of carbonyl (C=O) groups is 2. The van der Waals surface area contributed by atoms with E-state index in [9.17, 15) is 9.59 Å². The van der Waals surface area contributed by atoms with Crippen LogP contribution in [0.5, 0.6) is 0 Å². The molecule has 66 heavy (non-hydrogen) atoms. The van der Waals surface area contributed by atoms with Crippen molar-refractivity contribution in [3.63, 3.8) is 0 Å². The number of para-hydroxylation sites is 2. The van der Waals surface area contributed by atoms with Gasteiger partial charge in [0.25, 0.3) is 0 Å². The van der Waals surface area contributed by atoms with Gasteiger partial charge in [-0.3, -0.25) is 0 Å². The molecule has 8 aromatic rings. The fourth-order valence-corrected chi connectivity index (χ4v) is 9.29. The molecule has 0 fully saturated rings. The lowest BCUT2D eigenvalue weighted by Crippen LogP contribution is -2.32. The minimum Gasteiger partial charge on any atom is -0.464 e. The highest BCUT2D eigenvalue weighted by atomic mass is 32.2. The lowest BCUT2D eigenvalue weighted by atomic mass is 10.00. The van der Waals surface area contributed by atoms with E-state index in [2.05, 4.69) is 71.5 Å². The van der Waals surface area contributed by atoms with Gasteiger partial charge in [-0.15, -0.1) is 0 Å². The zero-order valence-electron chi connectivity index (χ0n) is 36.3. The molecule has 0 bridgehead atoms. The first-order chi connectivity index (χ1) is 32.5. The number of esters is 2. The van der Waals surface area contributed by atoms with E-state index >= 15 is 0 Å². The lowest BCUT2D eigenvalue weighted by molar-refractivity contribution is -0.134. The molecular weight excluding hydrogens is 853 g/mol. The number of rotatable bonds is 15. The van der Waals surface area contributed by atoms with Crippen molar-refractivity contribution >= 4 is 69.4 Å². The zero-order valence-corrected chi connectivity index (χ0v) is 37.9. The Morgan fingerprint density at radius 1 is 0.364 bits per heavy atom. The molecule has 0 aliphatic carbocycles.